The van der Waals surface area contributed by atoms with Crippen molar-refractivity contribution < 1.29 is 4.79 Å². The number of carbonyl (C=O) groups is 1. The minimum absolute atomic E-state index is 0.0557. The summed E-state index contributed by atoms with van der Waals surface area (Å²) in [6, 6.07) is 6.09. The van der Waals surface area contributed by atoms with E-state index in [4.69, 9.17) is 12.2 Å². The molecule has 0 saturated heterocycles. The minimum Gasteiger partial charge on any atom is -0.332 e. The van der Waals surface area contributed by atoms with Gasteiger partial charge in [-0.25, -0.2) is 0 Å². The molecule has 4 bridgehead atoms. The number of hydrogen-bond acceptors (Lipinski definition) is 6. The number of anilines is 1. The van der Waals surface area contributed by atoms with E-state index in [2.05, 4.69) is 32.0 Å². The lowest BCUT2D eigenvalue weighted by molar-refractivity contribution is -0.127. The van der Waals surface area contributed by atoms with Crippen LogP contribution in [0.4, 0.5) is 5.69 Å². The van der Waals surface area contributed by atoms with Crippen LogP contribution < -0.4 is 10.6 Å². The molecule has 3 aromatic rings. The molecule has 34 heavy (non-hydrogen) atoms. The number of hydrogen-bond donors (Lipinski definition) is 2. The lowest BCUT2D eigenvalue weighted by atomic mass is 9.49. The van der Waals surface area contributed by atoms with Crippen molar-refractivity contribution >= 4 is 45.2 Å². The van der Waals surface area contributed by atoms with Crippen molar-refractivity contribution in [2.75, 3.05) is 5.32 Å². The molecule has 7 rings (SSSR count). The highest BCUT2D eigenvalue weighted by atomic mass is 32.1. The molecule has 4 saturated carbocycles. The van der Waals surface area contributed by atoms with Gasteiger partial charge in [-0.3, -0.25) is 4.79 Å². The Kier molecular flexibility index (Phi) is 5.44. The van der Waals surface area contributed by atoms with Gasteiger partial charge >= 0.3 is 0 Å². The number of aryl methyl sites for hydroxylation is 2. The van der Waals surface area contributed by atoms with Gasteiger partial charge < -0.3 is 10.6 Å². The van der Waals surface area contributed by atoms with Crippen molar-refractivity contribution in [2.45, 2.75) is 65.2 Å². The first-order chi connectivity index (χ1) is 16.4. The highest BCUT2D eigenvalue weighted by molar-refractivity contribution is 7.80. The Bertz CT molecular complexity index is 1240. The molecule has 4 aliphatic rings. The Hall–Kier alpha value is -2.39. The van der Waals surface area contributed by atoms with E-state index in [0.717, 1.165) is 56.8 Å². The second-order valence-electron chi connectivity index (χ2n) is 10.7. The van der Waals surface area contributed by atoms with Crippen molar-refractivity contribution in [1.29, 1.82) is 0 Å². The molecule has 4 aliphatic carbocycles. The molecule has 1 aromatic carbocycles. The van der Waals surface area contributed by atoms with Gasteiger partial charge in [-0.2, -0.15) is 9.61 Å². The van der Waals surface area contributed by atoms with E-state index in [9.17, 15) is 4.79 Å². The summed E-state index contributed by atoms with van der Waals surface area (Å²) in [5.74, 6) is 3.45. The van der Waals surface area contributed by atoms with Crippen molar-refractivity contribution in [3.8, 4) is 10.6 Å². The second kappa shape index (κ2) is 8.37. The normalized spacial score (nSPS) is 27.3. The average molecular weight is 495 g/mol. The molecule has 9 heteroatoms. The maximum absolute atomic E-state index is 12.9. The topological polar surface area (TPSA) is 84.2 Å². The van der Waals surface area contributed by atoms with Gasteiger partial charge in [-0.05, 0) is 105 Å². The smallest absolute Gasteiger partial charge is 0.234 e. The molecule has 0 aliphatic heterocycles. The van der Waals surface area contributed by atoms with Crippen LogP contribution in [-0.2, 0) is 11.2 Å². The van der Waals surface area contributed by atoms with Gasteiger partial charge in [-0.15, -0.1) is 10.2 Å². The van der Waals surface area contributed by atoms with Gasteiger partial charge in [0.15, 0.2) is 10.9 Å². The molecule has 4 fully saturated rings. The quantitative estimate of drug-likeness (QED) is 0.478. The van der Waals surface area contributed by atoms with E-state index in [1.54, 1.807) is 0 Å². The Morgan fingerprint density at radius 2 is 1.88 bits per heavy atom. The van der Waals surface area contributed by atoms with Gasteiger partial charge in [-0.1, -0.05) is 18.3 Å². The maximum Gasteiger partial charge on any atom is 0.234 e. The van der Waals surface area contributed by atoms with Crippen molar-refractivity contribution in [1.82, 2.24) is 25.1 Å². The molecule has 2 N–H and O–H groups in total. The Labute approximate surface area is 208 Å². The van der Waals surface area contributed by atoms with Gasteiger partial charge in [0.2, 0.25) is 10.9 Å². The zero-order valence-electron chi connectivity index (χ0n) is 19.6. The molecular weight excluding hydrogens is 464 g/mol. The second-order valence-corrected chi connectivity index (χ2v) is 12.1. The third-order valence-corrected chi connectivity index (χ3v) is 9.20. The van der Waals surface area contributed by atoms with E-state index < -0.39 is 0 Å². The predicted octanol–water partition coefficient (Wildman–Crippen LogP) is 5.14. The molecule has 1 amide bonds. The monoisotopic (exact) mass is 494 g/mol. The van der Waals surface area contributed by atoms with E-state index in [0.29, 0.717) is 11.5 Å². The summed E-state index contributed by atoms with van der Waals surface area (Å²) >= 11 is 7.02. The Balaban J connectivity index is 1.10. The van der Waals surface area contributed by atoms with Crippen LogP contribution in [0.15, 0.2) is 18.2 Å². The number of benzene rings is 1. The molecule has 2 aromatic heterocycles. The minimum atomic E-state index is 0.0557. The summed E-state index contributed by atoms with van der Waals surface area (Å²) in [6.07, 6.45) is 9.25. The van der Waals surface area contributed by atoms with E-state index in [1.165, 1.54) is 49.9 Å². The molecule has 7 nitrogen and oxygen atoms in total. The fourth-order valence-corrected chi connectivity index (χ4v) is 8.18. The van der Waals surface area contributed by atoms with Crippen LogP contribution in [-0.4, -0.2) is 30.8 Å². The van der Waals surface area contributed by atoms with Crippen LogP contribution in [0.5, 0.6) is 0 Å². The lowest BCUT2D eigenvalue weighted by Gasteiger charge is -2.56. The maximum atomic E-state index is 12.9. The highest BCUT2D eigenvalue weighted by Crippen LogP contribution is 2.61. The summed E-state index contributed by atoms with van der Waals surface area (Å²) in [5.41, 5.74) is 3.17. The van der Waals surface area contributed by atoms with Crippen LogP contribution >= 0.6 is 23.6 Å². The molecule has 178 valence electrons. The van der Waals surface area contributed by atoms with Gasteiger partial charge in [0.1, 0.15) is 5.01 Å². The van der Waals surface area contributed by atoms with Crippen LogP contribution in [0, 0.1) is 30.1 Å². The van der Waals surface area contributed by atoms with Crippen LogP contribution in [0.3, 0.4) is 0 Å². The number of amides is 1. The molecule has 0 spiro atoms. The number of nitrogens with one attached hydrogen (secondary N) is 2. The van der Waals surface area contributed by atoms with Crippen LogP contribution in [0.1, 0.15) is 63.3 Å². The first-order valence-corrected chi connectivity index (χ1v) is 13.5. The number of fused-ring (bicyclic) bond motifs is 1. The van der Waals surface area contributed by atoms with Gasteiger partial charge in [0, 0.05) is 24.1 Å². The number of thiocarbonyl (C=S) groups is 1. The Morgan fingerprint density at radius 3 is 2.53 bits per heavy atom. The van der Waals surface area contributed by atoms with Gasteiger partial charge in [0.25, 0.3) is 0 Å². The summed E-state index contributed by atoms with van der Waals surface area (Å²) in [5, 5.41) is 20.5. The number of carbonyl (C=O) groups excluding carboxylic acids is 1. The highest BCUT2D eigenvalue weighted by Gasteiger charge is 2.51. The first kappa shape index (κ1) is 22.1. The third kappa shape index (κ3) is 4.02. The fourth-order valence-electron chi connectivity index (χ4n) is 7.10. The first-order valence-electron chi connectivity index (χ1n) is 12.3. The number of aromatic nitrogens is 4. The predicted molar refractivity (Wildman–Crippen MR) is 138 cm³/mol. The van der Waals surface area contributed by atoms with E-state index in [-0.39, 0.29) is 11.3 Å². The molecule has 0 radical (unpaired) electrons. The van der Waals surface area contributed by atoms with Gasteiger partial charge in [0.05, 0.1) is 0 Å². The van der Waals surface area contributed by atoms with Crippen molar-refractivity contribution in [3.05, 3.63) is 29.6 Å². The molecule has 0 atom stereocenters. The summed E-state index contributed by atoms with van der Waals surface area (Å²) in [7, 11) is 0. The largest absolute Gasteiger partial charge is 0.332 e. The summed E-state index contributed by atoms with van der Waals surface area (Å²) < 4.78 is 1.82. The third-order valence-electron chi connectivity index (χ3n) is 8.05. The molecule has 2 heterocycles. The zero-order valence-corrected chi connectivity index (χ0v) is 21.3. The Morgan fingerprint density at radius 1 is 1.18 bits per heavy atom. The average Bonchev–Trinajstić information content (AvgIpc) is 3.34. The van der Waals surface area contributed by atoms with E-state index in [1.807, 2.05) is 30.5 Å². The SMILES string of the molecule is CCc1nnc2sc(-c3ccc(NC(=S)NC(=O)CC45CC6CC(CC(C6)C4)C5)c(C)c3)nn12. The lowest BCUT2D eigenvalue weighted by Crippen LogP contribution is -2.48. The van der Waals surface area contributed by atoms with E-state index >= 15 is 0 Å². The van der Waals surface area contributed by atoms with Crippen LogP contribution in [0.25, 0.3) is 15.5 Å². The molecule has 0 unspecified atom stereocenters. The standard InChI is InChI=1S/C25H30N6OS2/c1-3-20-28-29-24-31(20)30-22(34-24)18-4-5-19(14(2)6-18)26-23(33)27-21(32)13-25-10-15-7-16(11-25)9-17(8-15)12-25/h4-6,15-17H,3,7-13H2,1-2H3,(H2,26,27,32,33). The fraction of sp³-hybridized carbons (Fsp3) is 0.560. The summed E-state index contributed by atoms with van der Waals surface area (Å²) in [6.45, 7) is 4.08. The number of nitrogens with zero attached hydrogens (tertiary/aromatic N) is 4. The van der Waals surface area contributed by atoms with Crippen molar-refractivity contribution in [2.24, 2.45) is 23.2 Å². The zero-order chi connectivity index (χ0) is 23.4. The summed E-state index contributed by atoms with van der Waals surface area (Å²) in [4.78, 5) is 13.7. The van der Waals surface area contributed by atoms with Crippen LogP contribution in [0.2, 0.25) is 0 Å². The van der Waals surface area contributed by atoms with Crippen molar-refractivity contribution in [3.63, 3.8) is 0 Å². The molecular formula is C25H30N6OS2. The number of rotatable bonds is 5.